The Hall–Kier alpha value is -2.24. The van der Waals surface area contributed by atoms with Crippen LogP contribution in [-0.4, -0.2) is 39.6 Å². The van der Waals surface area contributed by atoms with Gasteiger partial charge in [0.15, 0.2) is 0 Å². The van der Waals surface area contributed by atoms with Gasteiger partial charge in [0.25, 0.3) is 11.8 Å². The summed E-state index contributed by atoms with van der Waals surface area (Å²) >= 11 is 0. The van der Waals surface area contributed by atoms with Crippen molar-refractivity contribution >= 4 is 5.91 Å². The minimum atomic E-state index is -2.77. The number of hydrogen-bond acceptors (Lipinski definition) is 2. The molecule has 3 rings (SSSR count). The van der Waals surface area contributed by atoms with Gasteiger partial charge in [0, 0.05) is 37.3 Å². The molecule has 1 amide bonds. The summed E-state index contributed by atoms with van der Waals surface area (Å²) in [7, 11) is 1.81. The molecule has 0 spiro atoms. The van der Waals surface area contributed by atoms with Crippen molar-refractivity contribution in [1.29, 1.82) is 0 Å². The Balaban J connectivity index is 1.85. The number of carbonyl (C=O) groups is 1. The van der Waals surface area contributed by atoms with Crippen LogP contribution in [0, 0.1) is 0 Å². The number of aromatic nitrogens is 2. The lowest BCUT2D eigenvalue weighted by Crippen LogP contribution is -2.31. The summed E-state index contributed by atoms with van der Waals surface area (Å²) in [6, 6.07) is 6.99. The molecular formula is C15H15F2N3O. The molecule has 1 aliphatic rings. The summed E-state index contributed by atoms with van der Waals surface area (Å²) < 4.78 is 28.1. The van der Waals surface area contributed by atoms with Crippen LogP contribution in [0.2, 0.25) is 0 Å². The van der Waals surface area contributed by atoms with Crippen LogP contribution in [0.4, 0.5) is 8.78 Å². The van der Waals surface area contributed by atoms with Gasteiger partial charge in [-0.05, 0) is 17.7 Å². The Kier molecular flexibility index (Phi) is 3.23. The third-order valence-electron chi connectivity index (χ3n) is 3.60. The molecule has 1 aromatic heterocycles. The smallest absolute Gasteiger partial charge is 0.267 e. The Labute approximate surface area is 121 Å². The number of rotatable bonds is 2. The molecule has 2 heterocycles. The number of hydrogen-bond donors (Lipinski definition) is 0. The van der Waals surface area contributed by atoms with E-state index in [9.17, 15) is 13.6 Å². The van der Waals surface area contributed by atoms with Gasteiger partial charge in [-0.1, -0.05) is 12.1 Å². The first-order chi connectivity index (χ1) is 9.94. The zero-order chi connectivity index (χ0) is 15.0. The van der Waals surface area contributed by atoms with Gasteiger partial charge in [0.1, 0.15) is 0 Å². The molecule has 4 nitrogen and oxygen atoms in total. The topological polar surface area (TPSA) is 38.1 Å². The lowest BCUT2D eigenvalue weighted by atomic mass is 10.1. The number of nitrogens with zero attached hydrogens (tertiary/aromatic N) is 3. The highest BCUT2D eigenvalue weighted by molar-refractivity contribution is 5.95. The second kappa shape index (κ2) is 4.95. The normalized spacial score (nSPS) is 17.2. The third kappa shape index (κ3) is 2.79. The first-order valence-corrected chi connectivity index (χ1v) is 6.71. The molecule has 1 saturated heterocycles. The van der Waals surface area contributed by atoms with E-state index in [1.165, 1.54) is 4.90 Å². The van der Waals surface area contributed by atoms with Crippen molar-refractivity contribution in [2.75, 3.05) is 13.1 Å². The second-order valence-electron chi connectivity index (χ2n) is 5.32. The van der Waals surface area contributed by atoms with Crippen molar-refractivity contribution in [3.63, 3.8) is 0 Å². The second-order valence-corrected chi connectivity index (χ2v) is 5.32. The van der Waals surface area contributed by atoms with E-state index >= 15 is 0 Å². The van der Waals surface area contributed by atoms with Crippen molar-refractivity contribution in [2.45, 2.75) is 12.3 Å². The highest BCUT2D eigenvalue weighted by atomic mass is 19.3. The van der Waals surface area contributed by atoms with Crippen molar-refractivity contribution in [3.05, 3.63) is 42.2 Å². The van der Waals surface area contributed by atoms with Crippen molar-refractivity contribution in [2.24, 2.45) is 7.05 Å². The van der Waals surface area contributed by atoms with Crippen molar-refractivity contribution in [1.82, 2.24) is 14.7 Å². The van der Waals surface area contributed by atoms with Crippen LogP contribution in [0.15, 0.2) is 36.7 Å². The van der Waals surface area contributed by atoms with Gasteiger partial charge >= 0.3 is 0 Å². The van der Waals surface area contributed by atoms with Crippen LogP contribution in [0.5, 0.6) is 0 Å². The number of alkyl halides is 2. The maximum atomic E-state index is 13.2. The van der Waals surface area contributed by atoms with E-state index in [1.54, 1.807) is 29.1 Å². The predicted molar refractivity (Wildman–Crippen MR) is 74.1 cm³/mol. The quantitative estimate of drug-likeness (QED) is 0.853. The molecule has 0 aliphatic carbocycles. The van der Waals surface area contributed by atoms with Crippen molar-refractivity contribution in [3.8, 4) is 11.1 Å². The summed E-state index contributed by atoms with van der Waals surface area (Å²) in [5.41, 5.74) is 2.16. The minimum absolute atomic E-state index is 0.100. The van der Waals surface area contributed by atoms with E-state index in [1.807, 2.05) is 19.3 Å². The van der Waals surface area contributed by atoms with Crippen LogP contribution in [0.3, 0.4) is 0 Å². The van der Waals surface area contributed by atoms with Gasteiger partial charge in [-0.3, -0.25) is 9.48 Å². The summed E-state index contributed by atoms with van der Waals surface area (Å²) in [5, 5.41) is 4.09. The molecule has 1 aliphatic heterocycles. The molecule has 6 heteroatoms. The Morgan fingerprint density at radius 3 is 2.76 bits per heavy atom. The summed E-state index contributed by atoms with van der Waals surface area (Å²) in [6.07, 6.45) is 3.28. The fraction of sp³-hybridized carbons (Fsp3) is 0.333. The average Bonchev–Trinajstić information content (AvgIpc) is 3.04. The molecule has 1 fully saturated rings. The van der Waals surface area contributed by atoms with Crippen LogP contribution in [-0.2, 0) is 7.05 Å². The van der Waals surface area contributed by atoms with Gasteiger partial charge < -0.3 is 4.90 Å². The molecular weight excluding hydrogens is 276 g/mol. The summed E-state index contributed by atoms with van der Waals surface area (Å²) in [4.78, 5) is 13.5. The highest BCUT2D eigenvalue weighted by Gasteiger charge is 2.40. The van der Waals surface area contributed by atoms with Crippen molar-refractivity contribution < 1.29 is 13.6 Å². The van der Waals surface area contributed by atoms with Crippen LogP contribution >= 0.6 is 0 Å². The fourth-order valence-electron chi connectivity index (χ4n) is 2.49. The monoisotopic (exact) mass is 291 g/mol. The van der Waals surface area contributed by atoms with Crippen LogP contribution in [0.1, 0.15) is 16.8 Å². The first-order valence-electron chi connectivity index (χ1n) is 6.71. The molecule has 110 valence electrons. The Bertz CT molecular complexity index is 681. The highest BCUT2D eigenvalue weighted by Crippen LogP contribution is 2.28. The molecule has 0 saturated carbocycles. The maximum Gasteiger partial charge on any atom is 0.267 e. The largest absolute Gasteiger partial charge is 0.332 e. The van der Waals surface area contributed by atoms with E-state index in [0.717, 1.165) is 11.1 Å². The molecule has 0 atom stereocenters. The SMILES string of the molecule is Cn1cc(-c2cccc(C(=O)N3CCC(F)(F)C3)c2)cn1. The average molecular weight is 291 g/mol. The zero-order valence-electron chi connectivity index (χ0n) is 11.6. The summed E-state index contributed by atoms with van der Waals surface area (Å²) in [6.45, 7) is -0.397. The number of amides is 1. The number of aryl methyl sites for hydroxylation is 1. The Morgan fingerprint density at radius 2 is 2.14 bits per heavy atom. The number of benzene rings is 1. The molecule has 0 N–H and O–H groups in total. The zero-order valence-corrected chi connectivity index (χ0v) is 11.6. The minimum Gasteiger partial charge on any atom is -0.332 e. The fourth-order valence-corrected chi connectivity index (χ4v) is 2.49. The molecule has 0 unspecified atom stereocenters. The molecule has 2 aromatic rings. The summed E-state index contributed by atoms with van der Waals surface area (Å²) in [5.74, 6) is -3.12. The van der Waals surface area contributed by atoms with Crippen LogP contribution in [0.25, 0.3) is 11.1 Å². The van der Waals surface area contributed by atoms with Gasteiger partial charge in [0.2, 0.25) is 0 Å². The molecule has 21 heavy (non-hydrogen) atoms. The van der Waals surface area contributed by atoms with Gasteiger partial charge in [0.05, 0.1) is 12.7 Å². The van der Waals surface area contributed by atoms with Gasteiger partial charge in [-0.2, -0.15) is 5.10 Å². The number of carbonyl (C=O) groups excluding carboxylic acids is 1. The number of likely N-dealkylation sites (tertiary alicyclic amines) is 1. The molecule has 1 aromatic carbocycles. The third-order valence-corrected chi connectivity index (χ3v) is 3.60. The van der Waals surface area contributed by atoms with Crippen LogP contribution < -0.4 is 0 Å². The van der Waals surface area contributed by atoms with Gasteiger partial charge in [-0.15, -0.1) is 0 Å². The van der Waals surface area contributed by atoms with E-state index in [0.29, 0.717) is 5.56 Å². The lowest BCUT2D eigenvalue weighted by molar-refractivity contribution is 0.0120. The predicted octanol–water partition coefficient (Wildman–Crippen LogP) is 2.57. The van der Waals surface area contributed by atoms with E-state index in [4.69, 9.17) is 0 Å². The Morgan fingerprint density at radius 1 is 1.33 bits per heavy atom. The van der Waals surface area contributed by atoms with E-state index < -0.39 is 12.5 Å². The van der Waals surface area contributed by atoms with E-state index in [2.05, 4.69) is 5.10 Å². The first kappa shape index (κ1) is 13.7. The lowest BCUT2D eigenvalue weighted by Gasteiger charge is -2.16. The standard InChI is InChI=1S/C15H15F2N3O/c1-19-9-13(8-18-19)11-3-2-4-12(7-11)14(21)20-6-5-15(16,17)10-20/h2-4,7-9H,5-6,10H2,1H3. The number of halogens is 2. The molecule has 0 radical (unpaired) electrons. The van der Waals surface area contributed by atoms with E-state index in [-0.39, 0.29) is 18.9 Å². The van der Waals surface area contributed by atoms with Gasteiger partial charge in [-0.25, -0.2) is 8.78 Å². The molecule has 0 bridgehead atoms. The maximum absolute atomic E-state index is 13.2.